The summed E-state index contributed by atoms with van der Waals surface area (Å²) in [4.78, 5) is 48.3. The number of nitrogens with zero attached hydrogens (tertiary/aromatic N) is 4. The Labute approximate surface area is 316 Å². The maximum Gasteiger partial charge on any atom is 0.328 e. The molecule has 4 atom stereocenters. The van der Waals surface area contributed by atoms with E-state index in [0.717, 1.165) is 41.2 Å². The number of methoxy groups -OCH3 is 2. The van der Waals surface area contributed by atoms with Crippen LogP contribution < -0.4 is 10.1 Å². The van der Waals surface area contributed by atoms with Crippen molar-refractivity contribution in [1.29, 1.82) is 0 Å². The van der Waals surface area contributed by atoms with Crippen molar-refractivity contribution in [2.45, 2.75) is 88.6 Å². The maximum absolute atomic E-state index is 14.4. The zero-order chi connectivity index (χ0) is 38.1. The van der Waals surface area contributed by atoms with E-state index >= 15 is 0 Å². The van der Waals surface area contributed by atoms with Crippen LogP contribution in [0.4, 0.5) is 4.79 Å². The first-order valence-corrected chi connectivity index (χ1v) is 20.5. The van der Waals surface area contributed by atoms with Gasteiger partial charge in [-0.1, -0.05) is 63.4 Å². The number of carbonyl (C=O) groups excluding carboxylic acids is 3. The van der Waals surface area contributed by atoms with E-state index in [2.05, 4.69) is 10.3 Å². The fourth-order valence-electron chi connectivity index (χ4n) is 7.04. The minimum atomic E-state index is -4.04. The fourth-order valence-corrected chi connectivity index (χ4v) is 9.33. The van der Waals surface area contributed by atoms with Gasteiger partial charge in [-0.05, 0) is 60.9 Å². The van der Waals surface area contributed by atoms with Crippen molar-refractivity contribution < 1.29 is 37.4 Å². The Morgan fingerprint density at radius 3 is 2.43 bits per heavy atom. The molecule has 1 saturated heterocycles. The summed E-state index contributed by atoms with van der Waals surface area (Å²) >= 11 is 1.37. The average Bonchev–Trinajstić information content (AvgIpc) is 3.90. The number of rotatable bonds is 19. The van der Waals surface area contributed by atoms with Gasteiger partial charge in [0.2, 0.25) is 15.9 Å². The molecule has 0 radical (unpaired) electrons. The number of imide groups is 1. The molecule has 4 amide bonds. The van der Waals surface area contributed by atoms with Gasteiger partial charge in [0.05, 0.1) is 43.0 Å². The molecule has 1 aliphatic carbocycles. The second-order valence-corrected chi connectivity index (χ2v) is 16.8. The smallest absolute Gasteiger partial charge is 0.328 e. The van der Waals surface area contributed by atoms with Crippen molar-refractivity contribution in [1.82, 2.24) is 24.4 Å². The number of urea groups is 1. The molecule has 15 heteroatoms. The summed E-state index contributed by atoms with van der Waals surface area (Å²) in [5.41, 5.74) is 1.37. The number of hydrogen-bond acceptors (Lipinski definition) is 10. The monoisotopic (exact) mass is 769 g/mol. The molecule has 1 aliphatic heterocycles. The van der Waals surface area contributed by atoms with Crippen LogP contribution in [0.2, 0.25) is 0 Å². The molecular weight excluding hydrogens is 719 g/mol. The predicted octanol–water partition coefficient (Wildman–Crippen LogP) is 4.45. The normalized spacial score (nSPS) is 17.7. The van der Waals surface area contributed by atoms with E-state index in [9.17, 15) is 27.9 Å². The van der Waals surface area contributed by atoms with Gasteiger partial charge in [-0.15, -0.1) is 11.3 Å². The Morgan fingerprint density at radius 2 is 1.79 bits per heavy atom. The van der Waals surface area contributed by atoms with Crippen LogP contribution in [-0.4, -0.2) is 103 Å². The van der Waals surface area contributed by atoms with Gasteiger partial charge >= 0.3 is 6.03 Å². The zero-order valence-corrected chi connectivity index (χ0v) is 32.5. The second-order valence-electron chi connectivity index (χ2n) is 13.9. The number of thiazole rings is 1. The van der Waals surface area contributed by atoms with Gasteiger partial charge in [-0.3, -0.25) is 14.5 Å². The number of hydrogen-bond donors (Lipinski definition) is 2. The van der Waals surface area contributed by atoms with Gasteiger partial charge in [0.15, 0.2) is 0 Å². The number of amides is 4. The lowest BCUT2D eigenvalue weighted by Crippen LogP contribution is -2.57. The Bertz CT molecular complexity index is 1780. The van der Waals surface area contributed by atoms with Crippen molar-refractivity contribution in [3.05, 3.63) is 76.2 Å². The summed E-state index contributed by atoms with van der Waals surface area (Å²) in [6, 6.07) is 12.9. The molecule has 2 heterocycles. The quantitative estimate of drug-likeness (QED) is 0.168. The molecule has 13 nitrogen and oxygen atoms in total. The Morgan fingerprint density at radius 1 is 1.09 bits per heavy atom. The summed E-state index contributed by atoms with van der Waals surface area (Å²) in [5, 5.41) is 17.4. The molecule has 288 valence electrons. The highest BCUT2D eigenvalue weighted by molar-refractivity contribution is 7.89. The van der Waals surface area contributed by atoms with Gasteiger partial charge < -0.3 is 24.8 Å². The molecule has 3 aromatic rings. The van der Waals surface area contributed by atoms with E-state index in [1.807, 2.05) is 44.2 Å². The SMILES string of the molecule is CCC(C)C(C(=O)N[C@@H](Cc1ccccc1)[C@H](O)CN(CC1CCCC1)S(=O)(=O)c1ccc(OC)cc1)N1CC(=O)N(Cc2csc(COC)n2)C1=O. The van der Waals surface area contributed by atoms with Gasteiger partial charge in [-0.2, -0.15) is 4.31 Å². The molecule has 2 unspecified atom stereocenters. The Hall–Kier alpha value is -3.89. The second kappa shape index (κ2) is 18.4. The van der Waals surface area contributed by atoms with Crippen LogP contribution in [0, 0.1) is 11.8 Å². The van der Waals surface area contributed by atoms with E-state index in [0.29, 0.717) is 24.5 Å². The molecule has 2 aliphatic rings. The lowest BCUT2D eigenvalue weighted by Gasteiger charge is -2.34. The van der Waals surface area contributed by atoms with Gasteiger partial charge in [0.25, 0.3) is 5.91 Å². The molecule has 2 aromatic carbocycles. The zero-order valence-electron chi connectivity index (χ0n) is 30.8. The van der Waals surface area contributed by atoms with E-state index in [1.54, 1.807) is 24.6 Å². The molecular formula is C38H51N5O8S2. The van der Waals surface area contributed by atoms with E-state index in [1.165, 1.54) is 39.8 Å². The molecule has 53 heavy (non-hydrogen) atoms. The summed E-state index contributed by atoms with van der Waals surface area (Å²) in [6.07, 6.45) is 3.23. The number of aliphatic hydroxyl groups is 1. The number of benzene rings is 2. The van der Waals surface area contributed by atoms with Gasteiger partial charge in [-0.25, -0.2) is 18.2 Å². The van der Waals surface area contributed by atoms with Crippen molar-refractivity contribution in [3.63, 3.8) is 0 Å². The first-order valence-electron chi connectivity index (χ1n) is 18.1. The van der Waals surface area contributed by atoms with Crippen LogP contribution in [0.3, 0.4) is 0 Å². The van der Waals surface area contributed by atoms with Crippen molar-refractivity contribution >= 4 is 39.2 Å². The minimum absolute atomic E-state index is 0.0297. The maximum atomic E-state index is 14.4. The highest BCUT2D eigenvalue weighted by atomic mass is 32.2. The fraction of sp³-hybridized carbons (Fsp3) is 0.526. The molecule has 2 N–H and O–H groups in total. The first-order chi connectivity index (χ1) is 25.4. The lowest BCUT2D eigenvalue weighted by molar-refractivity contribution is -0.129. The van der Waals surface area contributed by atoms with Gasteiger partial charge in [0.1, 0.15) is 23.3 Å². The third kappa shape index (κ3) is 10.0. The van der Waals surface area contributed by atoms with Crippen LogP contribution in [0.15, 0.2) is 64.9 Å². The van der Waals surface area contributed by atoms with Crippen LogP contribution in [0.1, 0.15) is 62.2 Å². The van der Waals surface area contributed by atoms with E-state index < -0.39 is 46.1 Å². The standard InChI is InChI=1S/C38H51N5O8S2/c1-5-26(2)36(43-23-35(45)42(38(43)47)21-29-25-52-34(39-29)24-50-3)37(46)40-32(19-27-11-7-6-8-12-27)33(44)22-41(20-28-13-9-10-14-28)53(48,49)31-17-15-30(51-4)16-18-31/h6-8,11-12,15-18,25-26,28,32-33,36,44H,5,9-10,13-14,19-24H2,1-4H3,(H,40,46)/t26?,32-,33+,36?/m0/s1. The Kier molecular flexibility index (Phi) is 14.0. The number of nitrogens with one attached hydrogen (secondary N) is 1. The van der Waals surface area contributed by atoms with Crippen LogP contribution >= 0.6 is 11.3 Å². The largest absolute Gasteiger partial charge is 0.497 e. The van der Waals surface area contributed by atoms with Crippen molar-refractivity contribution in [3.8, 4) is 5.75 Å². The van der Waals surface area contributed by atoms with Crippen molar-refractivity contribution in [2.24, 2.45) is 11.8 Å². The lowest BCUT2D eigenvalue weighted by atomic mass is 9.95. The predicted molar refractivity (Wildman–Crippen MR) is 201 cm³/mol. The third-order valence-corrected chi connectivity index (χ3v) is 12.9. The van der Waals surface area contributed by atoms with Crippen LogP contribution in [0.25, 0.3) is 0 Å². The minimum Gasteiger partial charge on any atom is -0.497 e. The summed E-state index contributed by atoms with van der Waals surface area (Å²) in [5.74, 6) is -0.649. The molecule has 1 aromatic heterocycles. The number of aromatic nitrogens is 1. The highest BCUT2D eigenvalue weighted by Crippen LogP contribution is 2.29. The molecule has 0 bridgehead atoms. The van der Waals surface area contributed by atoms with Crippen molar-refractivity contribution in [2.75, 3.05) is 33.9 Å². The number of carbonyl (C=O) groups is 3. The summed E-state index contributed by atoms with van der Waals surface area (Å²) < 4.78 is 40.0. The molecule has 5 rings (SSSR count). The first kappa shape index (κ1) is 40.3. The topological polar surface area (TPSA) is 159 Å². The number of ether oxygens (including phenoxy) is 2. The summed E-state index contributed by atoms with van der Waals surface area (Å²) in [6.45, 7) is 3.73. The van der Waals surface area contributed by atoms with Crippen LogP contribution in [-0.2, 0) is 43.9 Å². The number of sulfonamides is 1. The third-order valence-electron chi connectivity index (χ3n) is 10.2. The average molecular weight is 770 g/mol. The molecule has 1 saturated carbocycles. The highest BCUT2D eigenvalue weighted by Gasteiger charge is 2.45. The van der Waals surface area contributed by atoms with E-state index in [4.69, 9.17) is 9.47 Å². The Balaban J connectivity index is 1.39. The number of aliphatic hydroxyl groups excluding tert-OH is 1. The molecule has 0 spiro atoms. The van der Waals surface area contributed by atoms with E-state index in [-0.39, 0.29) is 49.3 Å². The van der Waals surface area contributed by atoms with Crippen LogP contribution in [0.5, 0.6) is 5.75 Å². The van der Waals surface area contributed by atoms with Gasteiger partial charge in [0, 0.05) is 25.6 Å². The summed E-state index contributed by atoms with van der Waals surface area (Å²) in [7, 11) is -0.969. The molecule has 2 fully saturated rings.